The van der Waals surface area contributed by atoms with Crippen molar-refractivity contribution in [3.63, 3.8) is 0 Å². The maximum Gasteiger partial charge on any atom is 0.259 e. The zero-order valence-electron chi connectivity index (χ0n) is 11.7. The van der Waals surface area contributed by atoms with E-state index in [1.807, 2.05) is 0 Å². The van der Waals surface area contributed by atoms with E-state index in [2.05, 4.69) is 9.88 Å². The monoisotopic (exact) mass is 275 g/mol. The molecule has 1 aliphatic carbocycles. The summed E-state index contributed by atoms with van der Waals surface area (Å²) in [6, 6.07) is 2.12. The van der Waals surface area contributed by atoms with Gasteiger partial charge in [0.05, 0.1) is 0 Å². The molecular weight excluding hydrogens is 254 g/mol. The first-order chi connectivity index (χ1) is 9.75. The third-order valence-electron chi connectivity index (χ3n) is 4.50. The molecule has 2 fully saturated rings. The van der Waals surface area contributed by atoms with Crippen molar-refractivity contribution >= 4 is 5.91 Å². The topological polar surface area (TPSA) is 56.4 Å². The first kappa shape index (κ1) is 13.4. The summed E-state index contributed by atoms with van der Waals surface area (Å²) in [5.41, 5.74) is 0.0498. The molecule has 20 heavy (non-hydrogen) atoms. The highest BCUT2D eigenvalue weighted by atomic mass is 16.2. The molecule has 5 heteroatoms. The van der Waals surface area contributed by atoms with Gasteiger partial charge in [0.1, 0.15) is 5.56 Å². The van der Waals surface area contributed by atoms with E-state index in [9.17, 15) is 9.59 Å². The molecule has 0 radical (unpaired) electrons. The number of H-pyrrole nitrogens is 1. The third kappa shape index (κ3) is 2.63. The van der Waals surface area contributed by atoms with E-state index in [-0.39, 0.29) is 16.9 Å². The van der Waals surface area contributed by atoms with Crippen molar-refractivity contribution in [1.82, 2.24) is 14.8 Å². The predicted octanol–water partition coefficient (Wildman–Crippen LogP) is 1.08. The number of hydrogen-bond donors (Lipinski definition) is 1. The van der Waals surface area contributed by atoms with Crippen LogP contribution >= 0.6 is 0 Å². The maximum atomic E-state index is 12.3. The summed E-state index contributed by atoms with van der Waals surface area (Å²) in [5, 5.41) is 0. The molecular formula is C15H21N3O2. The van der Waals surface area contributed by atoms with Crippen molar-refractivity contribution in [2.75, 3.05) is 26.2 Å². The highest BCUT2D eigenvalue weighted by Gasteiger charge is 2.28. The number of pyridine rings is 1. The van der Waals surface area contributed by atoms with Crippen molar-refractivity contribution in [1.29, 1.82) is 0 Å². The van der Waals surface area contributed by atoms with E-state index in [4.69, 9.17) is 0 Å². The molecule has 1 aromatic rings. The van der Waals surface area contributed by atoms with E-state index in [1.54, 1.807) is 11.1 Å². The standard InChI is InChI=1S/C15H21N3O2/c19-14-5-6-16-11-13(14)15(20)18-9-7-17(8-10-18)12-3-1-2-4-12/h5-6,11-12H,1-4,7-10H2,(H,16,19). The van der Waals surface area contributed by atoms with Gasteiger partial charge in [0.15, 0.2) is 5.43 Å². The van der Waals surface area contributed by atoms with Crippen molar-refractivity contribution < 1.29 is 4.79 Å². The van der Waals surface area contributed by atoms with Crippen LogP contribution < -0.4 is 5.43 Å². The smallest absolute Gasteiger partial charge is 0.259 e. The van der Waals surface area contributed by atoms with Gasteiger partial charge in [0.2, 0.25) is 0 Å². The fraction of sp³-hybridized carbons (Fsp3) is 0.600. The maximum absolute atomic E-state index is 12.3. The zero-order valence-corrected chi connectivity index (χ0v) is 11.7. The van der Waals surface area contributed by atoms with Crippen LogP contribution in [0.15, 0.2) is 23.3 Å². The normalized spacial score (nSPS) is 21.3. The van der Waals surface area contributed by atoms with Gasteiger partial charge in [-0.2, -0.15) is 0 Å². The number of amides is 1. The first-order valence-electron chi connectivity index (χ1n) is 7.46. The van der Waals surface area contributed by atoms with E-state index in [0.29, 0.717) is 6.04 Å². The molecule has 0 bridgehead atoms. The van der Waals surface area contributed by atoms with Gasteiger partial charge in [0, 0.05) is 50.7 Å². The van der Waals surface area contributed by atoms with Crippen LogP contribution in [0.3, 0.4) is 0 Å². The Morgan fingerprint density at radius 3 is 2.50 bits per heavy atom. The molecule has 1 aromatic heterocycles. The molecule has 2 aliphatic rings. The fourth-order valence-corrected chi connectivity index (χ4v) is 3.31. The minimum atomic E-state index is -0.202. The van der Waals surface area contributed by atoms with E-state index >= 15 is 0 Å². The average Bonchev–Trinajstić information content (AvgIpc) is 3.01. The van der Waals surface area contributed by atoms with Gasteiger partial charge in [-0.25, -0.2) is 0 Å². The Bertz CT molecular complexity index is 526. The number of aromatic amines is 1. The van der Waals surface area contributed by atoms with Gasteiger partial charge >= 0.3 is 0 Å². The summed E-state index contributed by atoms with van der Waals surface area (Å²) in [4.78, 5) is 31.2. The van der Waals surface area contributed by atoms with Crippen molar-refractivity contribution in [3.8, 4) is 0 Å². The Kier molecular flexibility index (Phi) is 3.87. The Morgan fingerprint density at radius 2 is 1.85 bits per heavy atom. The van der Waals surface area contributed by atoms with Crippen LogP contribution in [0.25, 0.3) is 0 Å². The SMILES string of the molecule is O=C(c1c[nH]ccc1=O)N1CCN(C2CCCC2)CC1. The lowest BCUT2D eigenvalue weighted by Crippen LogP contribution is -2.51. The van der Waals surface area contributed by atoms with Gasteiger partial charge in [-0.15, -0.1) is 0 Å². The first-order valence-corrected chi connectivity index (χ1v) is 7.46. The highest BCUT2D eigenvalue weighted by Crippen LogP contribution is 2.24. The lowest BCUT2D eigenvalue weighted by molar-refractivity contribution is 0.0572. The Hall–Kier alpha value is -1.62. The van der Waals surface area contributed by atoms with Gasteiger partial charge in [-0.1, -0.05) is 12.8 Å². The molecule has 1 N–H and O–H groups in total. The van der Waals surface area contributed by atoms with Crippen LogP contribution in [-0.4, -0.2) is 52.9 Å². The largest absolute Gasteiger partial charge is 0.367 e. The van der Waals surface area contributed by atoms with Crippen molar-refractivity contribution in [2.45, 2.75) is 31.7 Å². The molecule has 5 nitrogen and oxygen atoms in total. The summed E-state index contributed by atoms with van der Waals surface area (Å²) in [5.74, 6) is -0.141. The number of carbonyl (C=O) groups is 1. The Morgan fingerprint density at radius 1 is 1.15 bits per heavy atom. The molecule has 2 heterocycles. The van der Waals surface area contributed by atoms with Crippen LogP contribution in [-0.2, 0) is 0 Å². The number of hydrogen-bond acceptors (Lipinski definition) is 3. The van der Waals surface area contributed by atoms with Crippen LogP contribution in [0, 0.1) is 0 Å². The number of carbonyl (C=O) groups excluding carboxylic acids is 1. The molecule has 1 saturated heterocycles. The van der Waals surface area contributed by atoms with Gasteiger partial charge in [-0.05, 0) is 12.8 Å². The zero-order chi connectivity index (χ0) is 13.9. The quantitative estimate of drug-likeness (QED) is 0.878. The molecule has 1 aliphatic heterocycles. The summed E-state index contributed by atoms with van der Waals surface area (Å²) in [7, 11) is 0. The van der Waals surface area contributed by atoms with Crippen molar-refractivity contribution in [3.05, 3.63) is 34.2 Å². The van der Waals surface area contributed by atoms with Crippen molar-refractivity contribution in [2.24, 2.45) is 0 Å². The molecule has 1 amide bonds. The second kappa shape index (κ2) is 5.79. The van der Waals surface area contributed by atoms with Gasteiger partial charge < -0.3 is 9.88 Å². The fourth-order valence-electron chi connectivity index (χ4n) is 3.31. The minimum Gasteiger partial charge on any atom is -0.367 e. The lowest BCUT2D eigenvalue weighted by Gasteiger charge is -2.38. The second-order valence-corrected chi connectivity index (χ2v) is 5.69. The predicted molar refractivity (Wildman–Crippen MR) is 76.8 cm³/mol. The molecule has 0 aromatic carbocycles. The van der Waals surface area contributed by atoms with E-state index in [1.165, 1.54) is 37.9 Å². The molecule has 0 unspecified atom stereocenters. The number of rotatable bonds is 2. The highest BCUT2D eigenvalue weighted by molar-refractivity contribution is 5.93. The number of piperazine rings is 1. The summed E-state index contributed by atoms with van der Waals surface area (Å²) in [6.45, 7) is 3.32. The van der Waals surface area contributed by atoms with Crippen LogP contribution in [0.4, 0.5) is 0 Å². The molecule has 108 valence electrons. The minimum absolute atomic E-state index is 0.141. The van der Waals surface area contributed by atoms with Crippen LogP contribution in [0.2, 0.25) is 0 Å². The molecule has 3 rings (SSSR count). The van der Waals surface area contributed by atoms with Crippen LogP contribution in [0.1, 0.15) is 36.0 Å². The Balaban J connectivity index is 1.62. The van der Waals surface area contributed by atoms with Gasteiger partial charge in [0.25, 0.3) is 5.91 Å². The number of nitrogens with one attached hydrogen (secondary N) is 1. The van der Waals surface area contributed by atoms with E-state index in [0.717, 1.165) is 26.2 Å². The Labute approximate surface area is 118 Å². The molecule has 0 atom stereocenters. The third-order valence-corrected chi connectivity index (χ3v) is 4.50. The summed E-state index contributed by atoms with van der Waals surface area (Å²) < 4.78 is 0. The van der Waals surface area contributed by atoms with E-state index < -0.39 is 0 Å². The number of nitrogens with zero attached hydrogens (tertiary/aromatic N) is 2. The number of aromatic nitrogens is 1. The van der Waals surface area contributed by atoms with Crippen LogP contribution in [0.5, 0.6) is 0 Å². The average molecular weight is 275 g/mol. The second-order valence-electron chi connectivity index (χ2n) is 5.69. The summed E-state index contributed by atoms with van der Waals surface area (Å²) in [6.07, 6.45) is 8.33. The molecule has 1 saturated carbocycles. The summed E-state index contributed by atoms with van der Waals surface area (Å²) >= 11 is 0. The molecule has 0 spiro atoms. The lowest BCUT2D eigenvalue weighted by atomic mass is 10.1. The van der Waals surface area contributed by atoms with Gasteiger partial charge in [-0.3, -0.25) is 14.5 Å².